The third-order valence-corrected chi connectivity index (χ3v) is 3.75. The van der Waals surface area contributed by atoms with E-state index in [1.165, 1.54) is 6.08 Å². The van der Waals surface area contributed by atoms with Crippen LogP contribution in [0.1, 0.15) is 18.1 Å². The fourth-order valence-corrected chi connectivity index (χ4v) is 2.57. The average Bonchev–Trinajstić information content (AvgIpc) is 2.62. The van der Waals surface area contributed by atoms with Crippen molar-refractivity contribution in [3.8, 4) is 17.6 Å². The lowest BCUT2D eigenvalue weighted by molar-refractivity contribution is -0.132. The number of ether oxygens (including phenoxy) is 2. The summed E-state index contributed by atoms with van der Waals surface area (Å²) >= 11 is 6.29. The normalized spacial score (nSPS) is 10.9. The Morgan fingerprint density at radius 2 is 2.00 bits per heavy atom. The van der Waals surface area contributed by atoms with Crippen LogP contribution in [0.3, 0.4) is 0 Å². The third kappa shape index (κ3) is 5.27. The molecule has 2 aromatic rings. The molecular weight excluding hydrogens is 354 g/mol. The van der Waals surface area contributed by atoms with Gasteiger partial charge in [0.25, 0.3) is 0 Å². The molecule has 0 aliphatic carbocycles. The highest BCUT2D eigenvalue weighted by molar-refractivity contribution is 6.32. The summed E-state index contributed by atoms with van der Waals surface area (Å²) in [7, 11) is 0. The lowest BCUT2D eigenvalue weighted by Crippen LogP contribution is -2.04. The Morgan fingerprint density at radius 3 is 2.62 bits per heavy atom. The second-order valence-electron chi connectivity index (χ2n) is 5.32. The number of benzene rings is 2. The zero-order chi connectivity index (χ0) is 18.9. The molecule has 0 aliphatic rings. The van der Waals surface area contributed by atoms with E-state index in [1.807, 2.05) is 37.3 Å². The smallest absolute Gasteiger partial charge is 0.346 e. The summed E-state index contributed by atoms with van der Waals surface area (Å²) in [6.07, 6.45) is 1.95. The van der Waals surface area contributed by atoms with Crippen LogP contribution in [0.15, 0.2) is 48.0 Å². The number of halogens is 1. The van der Waals surface area contributed by atoms with Gasteiger partial charge in [-0.25, -0.2) is 4.79 Å². The number of carbonyl (C=O) groups is 1. The predicted octanol–water partition coefficient (Wildman–Crippen LogP) is 4.35. The zero-order valence-corrected chi connectivity index (χ0v) is 15.0. The quantitative estimate of drug-likeness (QED) is 0.551. The minimum Gasteiger partial charge on any atom is -0.490 e. The summed E-state index contributed by atoms with van der Waals surface area (Å²) in [5.74, 6) is -0.498. The topological polar surface area (TPSA) is 79.5 Å². The van der Waals surface area contributed by atoms with Crippen LogP contribution in [-0.2, 0) is 11.2 Å². The molecule has 0 aliphatic heterocycles. The van der Waals surface area contributed by atoms with Crippen molar-refractivity contribution in [3.05, 3.63) is 64.2 Å². The standard InChI is InChI=1S/C20H18ClNO4/c1-2-25-18-12-15(10-16(13-22)20(23)24)11-17(21)19(18)26-9-8-14-6-4-3-5-7-14/h3-7,10-12H,2,8-9H2,1H3,(H,23,24). The second-order valence-corrected chi connectivity index (χ2v) is 5.73. The van der Waals surface area contributed by atoms with Crippen LogP contribution in [0.4, 0.5) is 0 Å². The molecule has 0 saturated carbocycles. The van der Waals surface area contributed by atoms with E-state index in [1.54, 1.807) is 18.2 Å². The van der Waals surface area contributed by atoms with Gasteiger partial charge in [0.2, 0.25) is 0 Å². The van der Waals surface area contributed by atoms with E-state index in [9.17, 15) is 4.79 Å². The molecule has 134 valence electrons. The van der Waals surface area contributed by atoms with Crippen molar-refractivity contribution in [2.45, 2.75) is 13.3 Å². The molecular formula is C20H18ClNO4. The van der Waals surface area contributed by atoms with Crippen molar-refractivity contribution in [2.75, 3.05) is 13.2 Å². The molecule has 0 spiro atoms. The van der Waals surface area contributed by atoms with Crippen LogP contribution >= 0.6 is 11.6 Å². The van der Waals surface area contributed by atoms with Crippen LogP contribution in [0.5, 0.6) is 11.5 Å². The summed E-state index contributed by atoms with van der Waals surface area (Å²) in [6, 6.07) is 14.7. The van der Waals surface area contributed by atoms with E-state index >= 15 is 0 Å². The van der Waals surface area contributed by atoms with Crippen molar-refractivity contribution in [2.24, 2.45) is 0 Å². The lowest BCUT2D eigenvalue weighted by Gasteiger charge is -2.14. The summed E-state index contributed by atoms with van der Waals surface area (Å²) in [5.41, 5.74) is 1.20. The first kappa shape index (κ1) is 19.4. The first-order valence-corrected chi connectivity index (χ1v) is 8.41. The Hall–Kier alpha value is -2.97. The Bertz CT molecular complexity index is 841. The molecule has 26 heavy (non-hydrogen) atoms. The molecule has 0 radical (unpaired) electrons. The Labute approximate surface area is 157 Å². The Morgan fingerprint density at radius 1 is 1.27 bits per heavy atom. The van der Waals surface area contributed by atoms with Gasteiger partial charge in [0.1, 0.15) is 11.6 Å². The molecule has 0 atom stereocenters. The van der Waals surface area contributed by atoms with Gasteiger partial charge in [-0.2, -0.15) is 5.26 Å². The van der Waals surface area contributed by atoms with Gasteiger partial charge in [-0.1, -0.05) is 41.9 Å². The molecule has 0 aromatic heterocycles. The SMILES string of the molecule is CCOc1cc(C=C(C#N)C(=O)O)cc(Cl)c1OCCc1ccccc1. The molecule has 0 fully saturated rings. The predicted molar refractivity (Wildman–Crippen MR) is 99.5 cm³/mol. The Kier molecular flexibility index (Phi) is 7.07. The summed E-state index contributed by atoms with van der Waals surface area (Å²) in [5, 5.41) is 18.2. The number of nitrogens with zero attached hydrogens (tertiary/aromatic N) is 1. The van der Waals surface area contributed by atoms with Crippen molar-refractivity contribution in [3.63, 3.8) is 0 Å². The van der Waals surface area contributed by atoms with E-state index in [0.717, 1.165) is 5.56 Å². The number of hydrogen-bond acceptors (Lipinski definition) is 4. The van der Waals surface area contributed by atoms with Gasteiger partial charge in [-0.05, 0) is 36.3 Å². The highest BCUT2D eigenvalue weighted by atomic mass is 35.5. The van der Waals surface area contributed by atoms with Crippen LogP contribution in [0, 0.1) is 11.3 Å². The van der Waals surface area contributed by atoms with E-state index in [4.69, 9.17) is 31.4 Å². The first-order valence-electron chi connectivity index (χ1n) is 8.03. The number of rotatable bonds is 8. The lowest BCUT2D eigenvalue weighted by atomic mass is 10.1. The number of carboxylic acids is 1. The molecule has 0 saturated heterocycles. The molecule has 0 amide bonds. The fourth-order valence-electron chi connectivity index (χ4n) is 2.30. The molecule has 0 bridgehead atoms. The van der Waals surface area contributed by atoms with Crippen molar-refractivity contribution in [1.29, 1.82) is 5.26 Å². The third-order valence-electron chi connectivity index (χ3n) is 3.47. The van der Waals surface area contributed by atoms with E-state index in [2.05, 4.69) is 0 Å². The molecule has 2 aromatic carbocycles. The number of carboxylic acid groups (broad SMARTS) is 1. The maximum atomic E-state index is 11.0. The zero-order valence-electron chi connectivity index (χ0n) is 14.2. The maximum Gasteiger partial charge on any atom is 0.346 e. The second kappa shape index (κ2) is 9.50. The highest BCUT2D eigenvalue weighted by Crippen LogP contribution is 2.37. The monoisotopic (exact) mass is 371 g/mol. The van der Waals surface area contributed by atoms with Crippen LogP contribution in [0.2, 0.25) is 5.02 Å². The number of nitriles is 1. The summed E-state index contributed by atoms with van der Waals surface area (Å²) < 4.78 is 11.4. The minimum absolute atomic E-state index is 0.290. The summed E-state index contributed by atoms with van der Waals surface area (Å²) in [6.45, 7) is 2.63. The number of hydrogen-bond donors (Lipinski definition) is 1. The Balaban J connectivity index is 2.23. The number of aliphatic carboxylic acids is 1. The first-order chi connectivity index (χ1) is 12.5. The van der Waals surface area contributed by atoms with Crippen molar-refractivity contribution < 1.29 is 19.4 Å². The van der Waals surface area contributed by atoms with Gasteiger partial charge >= 0.3 is 5.97 Å². The molecule has 6 heteroatoms. The van der Waals surface area contributed by atoms with Gasteiger partial charge in [0.15, 0.2) is 11.5 Å². The van der Waals surface area contributed by atoms with Gasteiger partial charge in [0, 0.05) is 6.42 Å². The van der Waals surface area contributed by atoms with Crippen molar-refractivity contribution >= 4 is 23.6 Å². The molecule has 0 unspecified atom stereocenters. The van der Waals surface area contributed by atoms with Crippen LogP contribution in [0.25, 0.3) is 6.08 Å². The average molecular weight is 372 g/mol. The van der Waals surface area contributed by atoms with Gasteiger partial charge in [-0.15, -0.1) is 0 Å². The minimum atomic E-state index is -1.30. The van der Waals surface area contributed by atoms with E-state index in [-0.39, 0.29) is 10.6 Å². The van der Waals surface area contributed by atoms with Gasteiger partial charge in [-0.3, -0.25) is 0 Å². The van der Waals surface area contributed by atoms with Crippen LogP contribution in [-0.4, -0.2) is 24.3 Å². The maximum absolute atomic E-state index is 11.0. The molecule has 5 nitrogen and oxygen atoms in total. The van der Waals surface area contributed by atoms with Crippen LogP contribution < -0.4 is 9.47 Å². The van der Waals surface area contributed by atoms with Gasteiger partial charge < -0.3 is 14.6 Å². The fraction of sp³-hybridized carbons (Fsp3) is 0.200. The highest BCUT2D eigenvalue weighted by Gasteiger charge is 2.14. The summed E-state index contributed by atoms with van der Waals surface area (Å²) in [4.78, 5) is 11.0. The largest absolute Gasteiger partial charge is 0.490 e. The molecule has 2 rings (SSSR count). The van der Waals surface area contributed by atoms with Gasteiger partial charge in [0.05, 0.1) is 18.2 Å². The molecule has 1 N–H and O–H groups in total. The van der Waals surface area contributed by atoms with E-state index < -0.39 is 5.97 Å². The molecule has 0 heterocycles. The van der Waals surface area contributed by atoms with E-state index in [0.29, 0.717) is 36.7 Å². The van der Waals surface area contributed by atoms with Crippen molar-refractivity contribution in [1.82, 2.24) is 0 Å².